The predicted molar refractivity (Wildman–Crippen MR) is 74.8 cm³/mol. The highest BCUT2D eigenvalue weighted by atomic mass is 16.5. The van der Waals surface area contributed by atoms with Crippen molar-refractivity contribution >= 4 is 12.9 Å². The van der Waals surface area contributed by atoms with Crippen LogP contribution in [-0.4, -0.2) is 12.9 Å². The van der Waals surface area contributed by atoms with Crippen LogP contribution in [0.1, 0.15) is 38.1 Å². The highest BCUT2D eigenvalue weighted by molar-refractivity contribution is 6.55. The van der Waals surface area contributed by atoms with Crippen molar-refractivity contribution < 1.29 is 9.45 Å². The molecule has 1 heterocycles. The third kappa shape index (κ3) is 2.45. The fourth-order valence-electron chi connectivity index (χ4n) is 2.64. The predicted octanol–water partition coefficient (Wildman–Crippen LogP) is 3.90. The van der Waals surface area contributed by atoms with E-state index in [0.717, 1.165) is 12.6 Å². The second kappa shape index (κ2) is 4.45. The molecule has 0 atom stereocenters. The Labute approximate surface area is 110 Å². The molecule has 1 aromatic rings. The molecular weight excluding hydrogens is 223 g/mol. The van der Waals surface area contributed by atoms with E-state index >= 15 is 0 Å². The molecule has 0 N–H and O–H groups in total. The molecule has 0 aliphatic carbocycles. The fourth-order valence-corrected chi connectivity index (χ4v) is 2.64. The van der Waals surface area contributed by atoms with Crippen LogP contribution < -0.4 is 0 Å². The van der Waals surface area contributed by atoms with E-state index in [0.29, 0.717) is 5.56 Å². The minimum atomic E-state index is -0.200. The maximum Gasteiger partial charge on any atom is 0.363 e. The van der Waals surface area contributed by atoms with E-state index in [1.807, 2.05) is 18.2 Å². The van der Waals surface area contributed by atoms with Gasteiger partial charge in [0.15, 0.2) is 0 Å². The summed E-state index contributed by atoms with van der Waals surface area (Å²) >= 11 is 0. The average Bonchev–Trinajstić information content (AvgIpc) is 2.48. The quantitative estimate of drug-likeness (QED) is 0.737. The van der Waals surface area contributed by atoms with Gasteiger partial charge in [0.05, 0.1) is 5.56 Å². The Morgan fingerprint density at radius 3 is 2.06 bits per heavy atom. The molecule has 1 aliphatic rings. The van der Waals surface area contributed by atoms with Crippen molar-refractivity contribution in [1.29, 1.82) is 0 Å². The lowest BCUT2D eigenvalue weighted by molar-refractivity contribution is 0.0731. The summed E-state index contributed by atoms with van der Waals surface area (Å²) < 4.78 is 5.63. The van der Waals surface area contributed by atoms with Gasteiger partial charge < -0.3 is 4.65 Å². The normalized spacial score (nSPS) is 20.8. The first-order chi connectivity index (χ1) is 8.32. The van der Waals surface area contributed by atoms with Gasteiger partial charge in [-0.05, 0) is 35.6 Å². The highest BCUT2D eigenvalue weighted by Gasteiger charge is 2.50. The summed E-state index contributed by atoms with van der Waals surface area (Å²) in [5.41, 5.74) is 1.07. The van der Waals surface area contributed by atoms with Gasteiger partial charge in [-0.25, -0.2) is 4.79 Å². The molecule has 0 spiro atoms. The fraction of sp³-hybridized carbons (Fsp3) is 0.533. The Balaban J connectivity index is 2.03. The summed E-state index contributed by atoms with van der Waals surface area (Å²) in [6.45, 7) is 9.06. The molecule has 0 unspecified atom stereocenters. The Hall–Kier alpha value is -1.25. The molecule has 1 fully saturated rings. The van der Waals surface area contributed by atoms with Crippen LogP contribution in [0.4, 0.5) is 0 Å². The second-order valence-corrected chi connectivity index (χ2v) is 6.57. The van der Waals surface area contributed by atoms with E-state index in [4.69, 9.17) is 4.65 Å². The van der Waals surface area contributed by atoms with Crippen molar-refractivity contribution in [2.75, 3.05) is 0 Å². The van der Waals surface area contributed by atoms with E-state index in [1.165, 1.54) is 0 Å². The van der Waals surface area contributed by atoms with Crippen molar-refractivity contribution in [3.8, 4) is 0 Å². The molecular formula is C15H21BO2. The molecule has 2 rings (SSSR count). The number of rotatable bonds is 2. The first-order valence-electron chi connectivity index (χ1n) is 6.58. The van der Waals surface area contributed by atoms with Crippen LogP contribution in [0.3, 0.4) is 0 Å². The van der Waals surface area contributed by atoms with E-state index in [-0.39, 0.29) is 23.7 Å². The standard InChI is InChI=1S/C15H21BO2/c1-14(2)10-16(11-15(14,3)4)18-13(17)12-8-6-5-7-9-12/h5-9H,10-11H2,1-4H3. The van der Waals surface area contributed by atoms with E-state index in [9.17, 15) is 4.79 Å². The summed E-state index contributed by atoms with van der Waals surface area (Å²) in [6.07, 6.45) is 1.89. The van der Waals surface area contributed by atoms with E-state index < -0.39 is 0 Å². The number of carbonyl (C=O) groups is 1. The molecule has 18 heavy (non-hydrogen) atoms. The van der Waals surface area contributed by atoms with Crippen LogP contribution in [0, 0.1) is 10.8 Å². The zero-order valence-corrected chi connectivity index (χ0v) is 11.7. The Morgan fingerprint density at radius 1 is 1.06 bits per heavy atom. The molecule has 3 heteroatoms. The maximum atomic E-state index is 12.0. The zero-order valence-electron chi connectivity index (χ0n) is 11.7. The van der Waals surface area contributed by atoms with Gasteiger partial charge in [-0.3, -0.25) is 0 Å². The first-order valence-corrected chi connectivity index (χ1v) is 6.58. The zero-order chi connectivity index (χ0) is 13.4. The van der Waals surface area contributed by atoms with E-state index in [1.54, 1.807) is 12.1 Å². The maximum absolute atomic E-state index is 12.0. The van der Waals surface area contributed by atoms with Gasteiger partial charge in [-0.2, -0.15) is 0 Å². The molecule has 1 saturated heterocycles. The summed E-state index contributed by atoms with van der Waals surface area (Å²) in [4.78, 5) is 12.0. The SMILES string of the molecule is CC1(C)CB(OC(=O)c2ccccc2)CC1(C)C. The topological polar surface area (TPSA) is 26.3 Å². The van der Waals surface area contributed by atoms with Gasteiger partial charge in [0.2, 0.25) is 0 Å². The smallest absolute Gasteiger partial charge is 0.363 e. The minimum absolute atomic E-state index is 0.0442. The lowest BCUT2D eigenvalue weighted by atomic mass is 9.63. The van der Waals surface area contributed by atoms with Crippen molar-refractivity contribution in [2.24, 2.45) is 10.8 Å². The van der Waals surface area contributed by atoms with Crippen LogP contribution in [0.15, 0.2) is 30.3 Å². The highest BCUT2D eigenvalue weighted by Crippen LogP contribution is 2.53. The van der Waals surface area contributed by atoms with Crippen LogP contribution in [-0.2, 0) is 4.65 Å². The van der Waals surface area contributed by atoms with Gasteiger partial charge in [-0.1, -0.05) is 45.9 Å². The Kier molecular flexibility index (Phi) is 3.26. The van der Waals surface area contributed by atoms with Gasteiger partial charge in [0, 0.05) is 0 Å². The van der Waals surface area contributed by atoms with Crippen LogP contribution in [0.5, 0.6) is 0 Å². The number of hydrogen-bond acceptors (Lipinski definition) is 2. The van der Waals surface area contributed by atoms with Crippen molar-refractivity contribution in [2.45, 2.75) is 40.3 Å². The summed E-state index contributed by atoms with van der Waals surface area (Å²) in [5.74, 6) is -0.200. The monoisotopic (exact) mass is 244 g/mol. The lowest BCUT2D eigenvalue weighted by Crippen LogP contribution is -2.24. The van der Waals surface area contributed by atoms with Gasteiger partial charge >= 0.3 is 12.9 Å². The molecule has 0 aromatic heterocycles. The van der Waals surface area contributed by atoms with Crippen molar-refractivity contribution in [1.82, 2.24) is 0 Å². The number of carbonyl (C=O) groups excluding carboxylic acids is 1. The van der Waals surface area contributed by atoms with Crippen LogP contribution in [0.25, 0.3) is 0 Å². The van der Waals surface area contributed by atoms with Gasteiger partial charge in [0.1, 0.15) is 0 Å². The van der Waals surface area contributed by atoms with Gasteiger partial charge in [-0.15, -0.1) is 0 Å². The minimum Gasteiger partial charge on any atom is -0.533 e. The lowest BCUT2D eigenvalue weighted by Gasteiger charge is -2.34. The summed E-state index contributed by atoms with van der Waals surface area (Å²) in [6, 6.07) is 9.22. The molecule has 1 aliphatic heterocycles. The molecule has 0 saturated carbocycles. The summed E-state index contributed by atoms with van der Waals surface area (Å²) in [7, 11) is 0. The summed E-state index contributed by atoms with van der Waals surface area (Å²) in [5, 5.41) is 0. The Bertz CT molecular complexity index is 421. The molecule has 1 aromatic carbocycles. The second-order valence-electron chi connectivity index (χ2n) is 6.57. The molecule has 0 amide bonds. The number of hydrogen-bond donors (Lipinski definition) is 0. The molecule has 0 bridgehead atoms. The van der Waals surface area contributed by atoms with Crippen LogP contribution in [0.2, 0.25) is 12.6 Å². The van der Waals surface area contributed by atoms with Crippen molar-refractivity contribution in [3.63, 3.8) is 0 Å². The molecule has 2 nitrogen and oxygen atoms in total. The third-order valence-corrected chi connectivity index (χ3v) is 4.59. The third-order valence-electron chi connectivity index (χ3n) is 4.59. The van der Waals surface area contributed by atoms with E-state index in [2.05, 4.69) is 27.7 Å². The number of benzene rings is 1. The molecule has 0 radical (unpaired) electrons. The van der Waals surface area contributed by atoms with Gasteiger partial charge in [0.25, 0.3) is 0 Å². The molecule has 96 valence electrons. The average molecular weight is 244 g/mol. The first kappa shape index (κ1) is 13.2. The van der Waals surface area contributed by atoms with Crippen LogP contribution >= 0.6 is 0 Å². The Morgan fingerprint density at radius 2 is 1.56 bits per heavy atom. The largest absolute Gasteiger partial charge is 0.533 e. The van der Waals surface area contributed by atoms with Crippen molar-refractivity contribution in [3.05, 3.63) is 35.9 Å².